The fourth-order valence-electron chi connectivity index (χ4n) is 3.73. The van der Waals surface area contributed by atoms with E-state index in [2.05, 4.69) is 22.2 Å². The monoisotopic (exact) mass is 366 g/mol. The average Bonchev–Trinajstić information content (AvgIpc) is 2.69. The maximum absolute atomic E-state index is 12.7. The molecule has 0 aromatic heterocycles. The number of nitrogens with one attached hydrogen (secondary N) is 1. The predicted molar refractivity (Wildman–Crippen MR) is 106 cm³/mol. The fourth-order valence-corrected chi connectivity index (χ4v) is 3.73. The van der Waals surface area contributed by atoms with Crippen molar-refractivity contribution < 1.29 is 9.53 Å². The molecule has 2 heterocycles. The lowest BCUT2D eigenvalue weighted by Crippen LogP contribution is -2.62. The van der Waals surface area contributed by atoms with Crippen LogP contribution in [0.1, 0.15) is 0 Å². The number of urea groups is 1. The second kappa shape index (κ2) is 7.98. The van der Waals surface area contributed by atoms with Gasteiger partial charge in [0.1, 0.15) is 11.5 Å². The Morgan fingerprint density at radius 1 is 0.926 bits per heavy atom. The van der Waals surface area contributed by atoms with Gasteiger partial charge in [-0.2, -0.15) is 0 Å². The molecular weight excluding hydrogens is 340 g/mol. The van der Waals surface area contributed by atoms with Gasteiger partial charge in [-0.05, 0) is 43.4 Å². The molecule has 6 heteroatoms. The molecule has 2 saturated heterocycles. The topological polar surface area (TPSA) is 48.0 Å². The van der Waals surface area contributed by atoms with Crippen LogP contribution in [0, 0.1) is 0 Å². The highest BCUT2D eigenvalue weighted by Gasteiger charge is 2.32. The number of rotatable bonds is 3. The standard InChI is InChI=1S/C21H26N4O2/c1-23-11-12-24-13-14-25(16-18(24)15-23)21(26)22-17-7-9-20(10-8-17)27-19-5-3-2-4-6-19/h2-10,18H,11-16H2,1H3,(H,22,26)/t18-/m0/s1. The molecule has 1 N–H and O–H groups in total. The molecule has 0 bridgehead atoms. The summed E-state index contributed by atoms with van der Waals surface area (Å²) in [6.45, 7) is 5.75. The van der Waals surface area contributed by atoms with Gasteiger partial charge in [0.05, 0.1) is 0 Å². The molecule has 0 spiro atoms. The van der Waals surface area contributed by atoms with Gasteiger partial charge in [0.2, 0.25) is 0 Å². The molecule has 4 rings (SSSR count). The van der Waals surface area contributed by atoms with Crippen LogP contribution in [0.15, 0.2) is 54.6 Å². The Morgan fingerprint density at radius 3 is 2.41 bits per heavy atom. The van der Waals surface area contributed by atoms with Gasteiger partial charge in [-0.25, -0.2) is 4.79 Å². The third-order valence-corrected chi connectivity index (χ3v) is 5.27. The summed E-state index contributed by atoms with van der Waals surface area (Å²) < 4.78 is 5.79. The van der Waals surface area contributed by atoms with E-state index in [1.165, 1.54) is 0 Å². The van der Waals surface area contributed by atoms with Gasteiger partial charge < -0.3 is 19.9 Å². The van der Waals surface area contributed by atoms with Crippen molar-refractivity contribution in [3.63, 3.8) is 0 Å². The van der Waals surface area contributed by atoms with Crippen molar-refractivity contribution in [1.29, 1.82) is 0 Å². The maximum Gasteiger partial charge on any atom is 0.321 e. The number of carbonyl (C=O) groups excluding carboxylic acids is 1. The Kier molecular flexibility index (Phi) is 5.27. The third-order valence-electron chi connectivity index (χ3n) is 5.27. The van der Waals surface area contributed by atoms with Gasteiger partial charge >= 0.3 is 6.03 Å². The minimum absolute atomic E-state index is 0.0281. The van der Waals surface area contributed by atoms with E-state index in [0.29, 0.717) is 6.04 Å². The van der Waals surface area contributed by atoms with E-state index < -0.39 is 0 Å². The number of anilines is 1. The summed E-state index contributed by atoms with van der Waals surface area (Å²) in [5, 5.41) is 3.01. The van der Waals surface area contributed by atoms with E-state index in [-0.39, 0.29) is 6.03 Å². The van der Waals surface area contributed by atoms with Crippen molar-refractivity contribution in [2.24, 2.45) is 0 Å². The number of ether oxygens (including phenoxy) is 1. The number of hydrogen-bond donors (Lipinski definition) is 1. The van der Waals surface area contributed by atoms with Gasteiger partial charge in [-0.15, -0.1) is 0 Å². The first-order valence-electron chi connectivity index (χ1n) is 9.49. The van der Waals surface area contributed by atoms with Crippen molar-refractivity contribution in [3.05, 3.63) is 54.6 Å². The molecule has 2 aromatic rings. The van der Waals surface area contributed by atoms with Crippen molar-refractivity contribution in [3.8, 4) is 11.5 Å². The van der Waals surface area contributed by atoms with E-state index in [0.717, 1.165) is 56.5 Å². The summed E-state index contributed by atoms with van der Waals surface area (Å²) in [7, 11) is 2.15. The van der Waals surface area contributed by atoms with Gasteiger partial charge in [0.15, 0.2) is 0 Å². The number of hydrogen-bond acceptors (Lipinski definition) is 4. The Labute approximate surface area is 160 Å². The smallest absolute Gasteiger partial charge is 0.321 e. The lowest BCUT2D eigenvalue weighted by atomic mass is 10.1. The minimum atomic E-state index is -0.0281. The molecular formula is C21H26N4O2. The van der Waals surface area contributed by atoms with E-state index in [9.17, 15) is 4.79 Å². The van der Waals surface area contributed by atoms with Crippen molar-refractivity contribution in [1.82, 2.24) is 14.7 Å². The number of benzene rings is 2. The highest BCUT2D eigenvalue weighted by Crippen LogP contribution is 2.23. The maximum atomic E-state index is 12.7. The lowest BCUT2D eigenvalue weighted by molar-refractivity contribution is 0.0353. The van der Waals surface area contributed by atoms with Crippen LogP contribution < -0.4 is 10.1 Å². The van der Waals surface area contributed by atoms with Gasteiger partial charge in [0.25, 0.3) is 0 Å². The Balaban J connectivity index is 1.33. The number of fused-ring (bicyclic) bond motifs is 1. The molecule has 2 aliphatic heterocycles. The number of likely N-dealkylation sites (N-methyl/N-ethyl adjacent to an activating group) is 1. The number of piperazine rings is 2. The summed E-state index contributed by atoms with van der Waals surface area (Å²) in [6.07, 6.45) is 0. The van der Waals surface area contributed by atoms with E-state index >= 15 is 0 Å². The molecule has 0 unspecified atom stereocenters. The molecule has 0 saturated carbocycles. The van der Waals surface area contributed by atoms with Crippen LogP contribution in [0.25, 0.3) is 0 Å². The Hall–Kier alpha value is -2.57. The Bertz CT molecular complexity index is 766. The number of carbonyl (C=O) groups is 1. The van der Waals surface area contributed by atoms with Gasteiger partial charge in [-0.3, -0.25) is 4.90 Å². The minimum Gasteiger partial charge on any atom is -0.457 e. The largest absolute Gasteiger partial charge is 0.457 e. The molecule has 27 heavy (non-hydrogen) atoms. The quantitative estimate of drug-likeness (QED) is 0.907. The number of para-hydroxylation sites is 1. The second-order valence-corrected chi connectivity index (χ2v) is 7.27. The van der Waals surface area contributed by atoms with Crippen molar-refractivity contribution >= 4 is 11.7 Å². The molecule has 2 aromatic carbocycles. The lowest BCUT2D eigenvalue weighted by Gasteiger charge is -2.46. The molecule has 142 valence electrons. The second-order valence-electron chi connectivity index (χ2n) is 7.27. The van der Waals surface area contributed by atoms with Crippen molar-refractivity contribution in [2.75, 3.05) is 51.6 Å². The van der Waals surface area contributed by atoms with Crippen LogP contribution >= 0.6 is 0 Å². The van der Waals surface area contributed by atoms with Crippen LogP contribution in [-0.4, -0.2) is 73.1 Å². The molecule has 2 fully saturated rings. The summed E-state index contributed by atoms with van der Waals surface area (Å²) in [6, 6.07) is 17.6. The van der Waals surface area contributed by atoms with Crippen LogP contribution in [0.4, 0.5) is 10.5 Å². The molecule has 0 radical (unpaired) electrons. The Morgan fingerprint density at radius 2 is 1.63 bits per heavy atom. The fraction of sp³-hybridized carbons (Fsp3) is 0.381. The molecule has 2 aliphatic rings. The normalized spacial score (nSPS) is 20.8. The van der Waals surface area contributed by atoms with E-state index in [1.54, 1.807) is 0 Å². The van der Waals surface area contributed by atoms with Crippen LogP contribution in [0.5, 0.6) is 11.5 Å². The zero-order chi connectivity index (χ0) is 18.6. The predicted octanol–water partition coefficient (Wildman–Crippen LogP) is 2.94. The molecule has 1 atom stereocenters. The summed E-state index contributed by atoms with van der Waals surface area (Å²) >= 11 is 0. The van der Waals surface area contributed by atoms with E-state index in [1.807, 2.05) is 59.5 Å². The highest BCUT2D eigenvalue weighted by atomic mass is 16.5. The van der Waals surface area contributed by atoms with Crippen LogP contribution in [0.3, 0.4) is 0 Å². The third kappa shape index (κ3) is 4.40. The first-order valence-corrected chi connectivity index (χ1v) is 9.49. The first-order chi connectivity index (χ1) is 13.2. The average molecular weight is 366 g/mol. The molecule has 2 amide bonds. The van der Waals surface area contributed by atoms with Gasteiger partial charge in [-0.1, -0.05) is 18.2 Å². The zero-order valence-corrected chi connectivity index (χ0v) is 15.7. The first kappa shape index (κ1) is 17.8. The number of amides is 2. The summed E-state index contributed by atoms with van der Waals surface area (Å²) in [4.78, 5) is 19.4. The zero-order valence-electron chi connectivity index (χ0n) is 15.7. The van der Waals surface area contributed by atoms with Crippen LogP contribution in [0.2, 0.25) is 0 Å². The van der Waals surface area contributed by atoms with Crippen LogP contribution in [-0.2, 0) is 0 Å². The number of nitrogens with zero attached hydrogens (tertiary/aromatic N) is 3. The highest BCUT2D eigenvalue weighted by molar-refractivity contribution is 5.89. The molecule has 6 nitrogen and oxygen atoms in total. The SMILES string of the molecule is CN1CCN2CCN(C(=O)Nc3ccc(Oc4ccccc4)cc3)C[C@@H]2C1. The van der Waals surface area contributed by atoms with Gasteiger partial charge in [0, 0.05) is 51.0 Å². The van der Waals surface area contributed by atoms with Crippen molar-refractivity contribution in [2.45, 2.75) is 6.04 Å². The summed E-state index contributed by atoms with van der Waals surface area (Å²) in [5.41, 5.74) is 0.781. The van der Waals surface area contributed by atoms with E-state index in [4.69, 9.17) is 4.74 Å². The molecule has 0 aliphatic carbocycles. The summed E-state index contributed by atoms with van der Waals surface area (Å²) in [5.74, 6) is 1.54.